The number of aromatic nitrogens is 4. The van der Waals surface area contributed by atoms with E-state index in [0.29, 0.717) is 6.54 Å². The third-order valence-electron chi connectivity index (χ3n) is 3.18. The molecule has 2 aromatic heterocycles. The van der Waals surface area contributed by atoms with Gasteiger partial charge in [0.2, 0.25) is 5.91 Å². The minimum atomic E-state index is -0.313. The lowest BCUT2D eigenvalue weighted by Gasteiger charge is -2.14. The molecule has 0 saturated carbocycles. The molecule has 0 radical (unpaired) electrons. The number of carbonyl (C=O) groups excluding carboxylic acids is 1. The van der Waals surface area contributed by atoms with E-state index in [9.17, 15) is 4.79 Å². The van der Waals surface area contributed by atoms with Gasteiger partial charge < -0.3 is 5.32 Å². The Morgan fingerprint density at radius 2 is 2.21 bits per heavy atom. The second-order valence-electron chi connectivity index (χ2n) is 4.72. The topological polar surface area (TPSA) is 64.7 Å². The number of amides is 1. The van der Waals surface area contributed by atoms with Crippen molar-refractivity contribution in [1.82, 2.24) is 24.9 Å². The number of hydrogen-bond acceptors (Lipinski definition) is 3. The third kappa shape index (κ3) is 2.83. The molecular formula is C13H19N5O. The Morgan fingerprint density at radius 1 is 1.47 bits per heavy atom. The van der Waals surface area contributed by atoms with Gasteiger partial charge in [-0.3, -0.25) is 14.2 Å². The summed E-state index contributed by atoms with van der Waals surface area (Å²) >= 11 is 0. The minimum absolute atomic E-state index is 0.0462. The van der Waals surface area contributed by atoms with Gasteiger partial charge in [0.25, 0.3) is 0 Å². The first-order valence-corrected chi connectivity index (χ1v) is 6.26. The minimum Gasteiger partial charge on any atom is -0.350 e. The number of hydrogen-bond donors (Lipinski definition) is 1. The first kappa shape index (κ1) is 13.3. The van der Waals surface area contributed by atoms with Crippen molar-refractivity contribution in [2.45, 2.75) is 33.4 Å². The number of nitrogens with one attached hydrogen (secondary N) is 1. The van der Waals surface area contributed by atoms with E-state index >= 15 is 0 Å². The lowest BCUT2D eigenvalue weighted by Crippen LogP contribution is -2.31. The van der Waals surface area contributed by atoms with Crippen LogP contribution < -0.4 is 5.32 Å². The summed E-state index contributed by atoms with van der Waals surface area (Å²) in [6.07, 6.45) is 3.61. The van der Waals surface area contributed by atoms with Crippen molar-refractivity contribution in [3.63, 3.8) is 0 Å². The summed E-state index contributed by atoms with van der Waals surface area (Å²) in [5, 5.41) is 11.3. The van der Waals surface area contributed by atoms with Gasteiger partial charge >= 0.3 is 0 Å². The van der Waals surface area contributed by atoms with E-state index in [0.717, 1.165) is 17.0 Å². The monoisotopic (exact) mass is 261 g/mol. The first-order chi connectivity index (χ1) is 8.99. The van der Waals surface area contributed by atoms with Crippen molar-refractivity contribution in [2.75, 3.05) is 0 Å². The quantitative estimate of drug-likeness (QED) is 0.896. The molecule has 1 unspecified atom stereocenters. The fourth-order valence-electron chi connectivity index (χ4n) is 2.05. The summed E-state index contributed by atoms with van der Waals surface area (Å²) in [6, 6.07) is 1.57. The molecule has 2 heterocycles. The van der Waals surface area contributed by atoms with Crippen molar-refractivity contribution in [3.8, 4) is 0 Å². The molecule has 6 heteroatoms. The zero-order valence-electron chi connectivity index (χ0n) is 11.7. The maximum atomic E-state index is 12.1. The maximum Gasteiger partial charge on any atom is 0.244 e. The van der Waals surface area contributed by atoms with Crippen LogP contribution in [0.5, 0.6) is 0 Å². The highest BCUT2D eigenvalue weighted by atomic mass is 16.2. The van der Waals surface area contributed by atoms with Crippen molar-refractivity contribution >= 4 is 5.91 Å². The lowest BCUT2D eigenvalue weighted by molar-refractivity contribution is -0.124. The number of carbonyl (C=O) groups is 1. The molecule has 1 N–H and O–H groups in total. The molecule has 0 aliphatic rings. The predicted octanol–water partition coefficient (Wildman–Crippen LogP) is 1.11. The highest BCUT2D eigenvalue weighted by molar-refractivity contribution is 5.79. The predicted molar refractivity (Wildman–Crippen MR) is 71.5 cm³/mol. The second-order valence-corrected chi connectivity index (χ2v) is 4.72. The van der Waals surface area contributed by atoms with Crippen LogP contribution in [0.25, 0.3) is 0 Å². The molecule has 1 atom stereocenters. The van der Waals surface area contributed by atoms with E-state index in [1.54, 1.807) is 15.6 Å². The Labute approximate surface area is 112 Å². The van der Waals surface area contributed by atoms with Crippen molar-refractivity contribution in [3.05, 3.63) is 35.4 Å². The van der Waals surface area contributed by atoms with E-state index in [1.807, 2.05) is 40.1 Å². The van der Waals surface area contributed by atoms with Crippen molar-refractivity contribution < 1.29 is 4.79 Å². The smallest absolute Gasteiger partial charge is 0.244 e. The number of aryl methyl sites for hydroxylation is 3. The van der Waals surface area contributed by atoms with Gasteiger partial charge in [-0.05, 0) is 26.8 Å². The molecule has 0 spiro atoms. The molecule has 0 aliphatic carbocycles. The molecule has 0 aliphatic heterocycles. The SMILES string of the molecule is Cc1nn(C)cc1CNC(=O)C(C)n1nccc1C. The van der Waals surface area contributed by atoms with Gasteiger partial charge in [0, 0.05) is 37.2 Å². The van der Waals surface area contributed by atoms with Gasteiger partial charge in [-0.2, -0.15) is 10.2 Å². The maximum absolute atomic E-state index is 12.1. The first-order valence-electron chi connectivity index (χ1n) is 6.26. The third-order valence-corrected chi connectivity index (χ3v) is 3.18. The normalized spacial score (nSPS) is 12.4. The Balaban J connectivity index is 1.98. The molecule has 1 amide bonds. The molecule has 0 aromatic carbocycles. The van der Waals surface area contributed by atoms with E-state index < -0.39 is 0 Å². The molecule has 2 rings (SSSR count). The van der Waals surface area contributed by atoms with Crippen LogP contribution in [0.3, 0.4) is 0 Å². The van der Waals surface area contributed by atoms with Gasteiger partial charge in [-0.25, -0.2) is 0 Å². The average Bonchev–Trinajstić information content (AvgIpc) is 2.91. The van der Waals surface area contributed by atoms with Gasteiger partial charge in [0.15, 0.2) is 0 Å². The van der Waals surface area contributed by atoms with Crippen molar-refractivity contribution in [2.24, 2.45) is 7.05 Å². The lowest BCUT2D eigenvalue weighted by atomic mass is 10.2. The van der Waals surface area contributed by atoms with Gasteiger partial charge in [0.05, 0.1) is 5.69 Å². The summed E-state index contributed by atoms with van der Waals surface area (Å²) < 4.78 is 3.46. The summed E-state index contributed by atoms with van der Waals surface area (Å²) in [6.45, 7) is 6.19. The fraction of sp³-hybridized carbons (Fsp3) is 0.462. The Bertz CT molecular complexity index is 584. The van der Waals surface area contributed by atoms with Crippen LogP contribution in [-0.2, 0) is 18.4 Å². The molecule has 102 valence electrons. The zero-order valence-corrected chi connectivity index (χ0v) is 11.7. The van der Waals surface area contributed by atoms with Gasteiger partial charge in [0.1, 0.15) is 6.04 Å². The zero-order chi connectivity index (χ0) is 14.0. The average molecular weight is 261 g/mol. The molecule has 19 heavy (non-hydrogen) atoms. The molecule has 6 nitrogen and oxygen atoms in total. The second kappa shape index (κ2) is 5.26. The summed E-state index contributed by atoms with van der Waals surface area (Å²) in [7, 11) is 1.87. The highest BCUT2D eigenvalue weighted by Gasteiger charge is 2.17. The van der Waals surface area contributed by atoms with Crippen LogP contribution in [0, 0.1) is 13.8 Å². The van der Waals surface area contributed by atoms with Gasteiger partial charge in [-0.1, -0.05) is 0 Å². The van der Waals surface area contributed by atoms with Crippen LogP contribution in [-0.4, -0.2) is 25.5 Å². The van der Waals surface area contributed by atoms with Crippen LogP contribution in [0.15, 0.2) is 18.5 Å². The Morgan fingerprint density at radius 3 is 2.74 bits per heavy atom. The largest absolute Gasteiger partial charge is 0.350 e. The van der Waals surface area contributed by atoms with E-state index in [1.165, 1.54) is 0 Å². The van der Waals surface area contributed by atoms with Crippen LogP contribution in [0.4, 0.5) is 0 Å². The summed E-state index contributed by atoms with van der Waals surface area (Å²) in [5.41, 5.74) is 2.94. The van der Waals surface area contributed by atoms with Crippen LogP contribution in [0.1, 0.15) is 29.9 Å². The molecule has 0 saturated heterocycles. The summed E-state index contributed by atoms with van der Waals surface area (Å²) in [4.78, 5) is 12.1. The van der Waals surface area contributed by atoms with Crippen LogP contribution in [0.2, 0.25) is 0 Å². The Kier molecular flexibility index (Phi) is 3.69. The Hall–Kier alpha value is -2.11. The van der Waals surface area contributed by atoms with E-state index in [2.05, 4.69) is 15.5 Å². The van der Waals surface area contributed by atoms with E-state index in [4.69, 9.17) is 0 Å². The van der Waals surface area contributed by atoms with Gasteiger partial charge in [-0.15, -0.1) is 0 Å². The molecule has 0 bridgehead atoms. The molecular weight excluding hydrogens is 242 g/mol. The van der Waals surface area contributed by atoms with Crippen molar-refractivity contribution in [1.29, 1.82) is 0 Å². The van der Waals surface area contributed by atoms with Crippen LogP contribution >= 0.6 is 0 Å². The fourth-order valence-corrected chi connectivity index (χ4v) is 2.05. The summed E-state index contributed by atoms with van der Waals surface area (Å²) in [5.74, 6) is -0.0462. The molecule has 2 aromatic rings. The van der Waals surface area contributed by atoms with E-state index in [-0.39, 0.29) is 11.9 Å². The number of nitrogens with zero attached hydrogens (tertiary/aromatic N) is 4. The standard InChI is InChI=1S/C13H19N5O/c1-9-5-6-15-18(9)11(3)13(19)14-7-12-8-17(4)16-10(12)2/h5-6,8,11H,7H2,1-4H3,(H,14,19). The number of rotatable bonds is 4. The highest BCUT2D eigenvalue weighted by Crippen LogP contribution is 2.09. The molecule has 0 fully saturated rings.